The summed E-state index contributed by atoms with van der Waals surface area (Å²) in [6, 6.07) is 8.34. The van der Waals surface area contributed by atoms with Gasteiger partial charge in [0.1, 0.15) is 34.7 Å². The van der Waals surface area contributed by atoms with E-state index in [-0.39, 0.29) is 39.6 Å². The number of amides is 2. The van der Waals surface area contributed by atoms with Gasteiger partial charge in [0.2, 0.25) is 11.5 Å². The van der Waals surface area contributed by atoms with E-state index in [4.69, 9.17) is 15.2 Å². The lowest BCUT2D eigenvalue weighted by atomic mass is 9.81. The first-order valence-corrected chi connectivity index (χ1v) is 13.7. The minimum absolute atomic E-state index is 0.0768. The molecule has 12 nitrogen and oxygen atoms in total. The molecule has 2 aromatic carbocycles. The Balaban J connectivity index is 1.44. The lowest BCUT2D eigenvalue weighted by molar-refractivity contribution is -0.286. The fraction of sp³-hybridized carbons (Fsp3) is 0.300. The van der Waals surface area contributed by atoms with Crippen molar-refractivity contribution in [2.45, 2.75) is 37.3 Å². The Morgan fingerprint density at radius 3 is 2.49 bits per heavy atom. The molecule has 0 unspecified atom stereocenters. The number of fused-ring (bicyclic) bond motifs is 3. The van der Waals surface area contributed by atoms with E-state index in [1.54, 1.807) is 13.0 Å². The molecule has 0 aliphatic carbocycles. The number of alkyl halides is 5. The smallest absolute Gasteiger partial charge is 0.494 e. The van der Waals surface area contributed by atoms with Gasteiger partial charge in [-0.1, -0.05) is 0 Å². The van der Waals surface area contributed by atoms with E-state index in [2.05, 4.69) is 30.0 Å². The zero-order valence-electron chi connectivity index (χ0n) is 24.7. The quantitative estimate of drug-likeness (QED) is 0.249. The van der Waals surface area contributed by atoms with Crippen LogP contribution < -0.4 is 30.0 Å². The molecular weight excluding hydrogens is 637 g/mol. The van der Waals surface area contributed by atoms with Crippen LogP contribution in [-0.2, 0) is 15.8 Å². The first kappa shape index (κ1) is 31.7. The van der Waals surface area contributed by atoms with Gasteiger partial charge in [-0.2, -0.15) is 18.3 Å². The van der Waals surface area contributed by atoms with Crippen LogP contribution in [0.25, 0.3) is 22.2 Å². The van der Waals surface area contributed by atoms with Gasteiger partial charge in [-0.3, -0.25) is 9.59 Å². The van der Waals surface area contributed by atoms with E-state index >= 15 is 0 Å². The molecule has 0 bridgehead atoms. The Kier molecular flexibility index (Phi) is 7.15. The monoisotopic (exact) mass is 661 g/mol. The van der Waals surface area contributed by atoms with Crippen LogP contribution in [0.1, 0.15) is 34.2 Å². The van der Waals surface area contributed by atoms with E-state index in [1.807, 2.05) is 0 Å². The highest BCUT2D eigenvalue weighted by Crippen LogP contribution is 2.50. The van der Waals surface area contributed by atoms with Gasteiger partial charge in [0.25, 0.3) is 5.91 Å². The Morgan fingerprint density at radius 1 is 1.09 bits per heavy atom. The zero-order valence-corrected chi connectivity index (χ0v) is 24.7. The molecule has 6 rings (SSSR count). The van der Waals surface area contributed by atoms with Crippen molar-refractivity contribution in [3.8, 4) is 34.3 Å². The van der Waals surface area contributed by atoms with E-state index in [0.29, 0.717) is 16.6 Å². The minimum Gasteiger partial charge on any atom is -0.494 e. The van der Waals surface area contributed by atoms with Crippen molar-refractivity contribution in [1.82, 2.24) is 20.5 Å². The number of carbonyl (C=O) groups excluding carboxylic acids is 2. The Labute approximate surface area is 261 Å². The lowest BCUT2D eigenvalue weighted by Crippen LogP contribution is -2.51. The van der Waals surface area contributed by atoms with Gasteiger partial charge in [0, 0.05) is 22.1 Å². The summed E-state index contributed by atoms with van der Waals surface area (Å²) < 4.78 is 91.6. The van der Waals surface area contributed by atoms with Gasteiger partial charge in [0.05, 0.1) is 25.0 Å². The third-order valence-electron chi connectivity index (χ3n) is 7.95. The van der Waals surface area contributed by atoms with Crippen molar-refractivity contribution in [3.63, 3.8) is 0 Å². The molecule has 2 aromatic heterocycles. The summed E-state index contributed by atoms with van der Waals surface area (Å²) in [6.07, 6.45) is -9.44. The van der Waals surface area contributed by atoms with Crippen LogP contribution in [0.3, 0.4) is 0 Å². The van der Waals surface area contributed by atoms with Gasteiger partial charge >= 0.3 is 12.5 Å². The predicted octanol–water partition coefficient (Wildman–Crippen LogP) is 3.65. The molecule has 246 valence electrons. The molecule has 0 spiro atoms. The van der Waals surface area contributed by atoms with Crippen LogP contribution in [0.2, 0.25) is 0 Å². The van der Waals surface area contributed by atoms with E-state index in [1.165, 1.54) is 32.2 Å². The van der Waals surface area contributed by atoms with E-state index in [0.717, 1.165) is 18.2 Å². The molecule has 4 N–H and O–H groups in total. The van der Waals surface area contributed by atoms with Crippen molar-refractivity contribution >= 4 is 22.7 Å². The number of hydrogen-bond acceptors (Lipinski definition) is 10. The molecule has 2 amide bonds. The fourth-order valence-corrected chi connectivity index (χ4v) is 5.25. The van der Waals surface area contributed by atoms with E-state index in [9.17, 15) is 36.6 Å². The number of aliphatic hydroxyl groups is 1. The van der Waals surface area contributed by atoms with E-state index < -0.39 is 59.9 Å². The molecule has 47 heavy (non-hydrogen) atoms. The molecule has 2 aliphatic rings. The van der Waals surface area contributed by atoms with Crippen LogP contribution in [0, 0.1) is 6.92 Å². The number of aromatic nitrogens is 3. The number of nitrogens with one attached hydrogen (secondary N) is 1. The molecule has 0 fully saturated rings. The van der Waals surface area contributed by atoms with Gasteiger partial charge < -0.3 is 35.1 Å². The second-order valence-electron chi connectivity index (χ2n) is 11.2. The number of pyridine rings is 1. The van der Waals surface area contributed by atoms with Gasteiger partial charge in [-0.25, -0.2) is 4.98 Å². The third-order valence-corrected chi connectivity index (χ3v) is 7.95. The van der Waals surface area contributed by atoms with Crippen molar-refractivity contribution in [1.29, 1.82) is 0 Å². The first-order valence-electron chi connectivity index (χ1n) is 13.7. The SMILES string of the molecule is COc1cc(C(=O)NC[C@](O)(c2cc3c(c(-c4ccc5c(c4)OC(F)(F)O5)n2)OC[C@]3(C)C(N)=O)C(F)(F)F)cc2cc(C)nnc12. The number of benzene rings is 2. The number of hydrogen-bond donors (Lipinski definition) is 3. The van der Waals surface area contributed by atoms with Crippen LogP contribution >= 0.6 is 0 Å². The maximum atomic E-state index is 14.8. The molecule has 0 saturated heterocycles. The number of methoxy groups -OCH3 is 1. The average molecular weight is 662 g/mol. The highest BCUT2D eigenvalue weighted by molar-refractivity contribution is 6.00. The number of rotatable bonds is 7. The first-order chi connectivity index (χ1) is 22.0. The second-order valence-corrected chi connectivity index (χ2v) is 11.2. The molecule has 2 atom stereocenters. The lowest BCUT2D eigenvalue weighted by Gasteiger charge is -2.31. The molecule has 4 heterocycles. The number of primary amides is 1. The summed E-state index contributed by atoms with van der Waals surface area (Å²) in [6.45, 7) is 1.14. The summed E-state index contributed by atoms with van der Waals surface area (Å²) >= 11 is 0. The third kappa shape index (κ3) is 5.25. The second kappa shape index (κ2) is 10.6. The van der Waals surface area contributed by atoms with Crippen LogP contribution in [0.4, 0.5) is 22.0 Å². The Morgan fingerprint density at radius 2 is 1.81 bits per heavy atom. The maximum Gasteiger partial charge on any atom is 0.586 e. The molecule has 4 aromatic rings. The molecule has 2 aliphatic heterocycles. The van der Waals surface area contributed by atoms with Crippen molar-refractivity contribution in [3.05, 3.63) is 65.0 Å². The normalized spacial score (nSPS) is 19.1. The van der Waals surface area contributed by atoms with Gasteiger partial charge in [-0.05, 0) is 56.3 Å². The van der Waals surface area contributed by atoms with Gasteiger partial charge in [-0.15, -0.1) is 13.9 Å². The Bertz CT molecular complexity index is 1970. The van der Waals surface area contributed by atoms with Crippen molar-refractivity contribution in [2.24, 2.45) is 5.73 Å². The largest absolute Gasteiger partial charge is 0.586 e. The number of nitrogens with zero attached hydrogens (tertiary/aromatic N) is 3. The highest BCUT2D eigenvalue weighted by Gasteiger charge is 2.58. The standard InChI is InChI=1S/C30H24F5N5O7/c1-13-6-15-7-16(9-20(44-3)22(15)40-39-13)25(41)37-11-28(43,29(31,32)33)21-10-17-24(45-12-27(17,2)26(36)42)23(38-21)14-4-5-18-19(8-14)47-30(34,35)46-18/h4-10,43H,11-12H2,1-3H3,(H2,36,42)(H,37,41)/t27-,28-/m0/s1. The molecule has 0 radical (unpaired) electrons. The fourth-order valence-electron chi connectivity index (χ4n) is 5.25. The number of carbonyl (C=O) groups is 2. The van der Waals surface area contributed by atoms with Crippen LogP contribution in [-0.4, -0.2) is 64.8 Å². The number of nitrogens with two attached hydrogens (primary N) is 1. The van der Waals surface area contributed by atoms with Crippen molar-refractivity contribution < 1.29 is 55.6 Å². The highest BCUT2D eigenvalue weighted by atomic mass is 19.4. The minimum atomic E-state index is -5.45. The summed E-state index contributed by atoms with van der Waals surface area (Å²) in [5.41, 5.74) is -0.846. The molecule has 17 heteroatoms. The number of halogens is 5. The van der Waals surface area contributed by atoms with Crippen LogP contribution in [0.5, 0.6) is 23.0 Å². The summed E-state index contributed by atoms with van der Waals surface area (Å²) in [5, 5.41) is 21.8. The Hall–Kier alpha value is -5.32. The summed E-state index contributed by atoms with van der Waals surface area (Å²) in [7, 11) is 1.31. The van der Waals surface area contributed by atoms with Crippen molar-refractivity contribution in [2.75, 3.05) is 20.3 Å². The average Bonchev–Trinajstić information content (AvgIpc) is 3.52. The number of ether oxygens (including phenoxy) is 4. The maximum absolute atomic E-state index is 14.8. The molecule has 0 saturated carbocycles. The zero-order chi connectivity index (χ0) is 34.1. The summed E-state index contributed by atoms with van der Waals surface area (Å²) in [4.78, 5) is 29.8. The topological polar surface area (TPSA) is 168 Å². The predicted molar refractivity (Wildman–Crippen MR) is 151 cm³/mol. The summed E-state index contributed by atoms with van der Waals surface area (Å²) in [5.74, 6) is -2.81. The van der Waals surface area contributed by atoms with Gasteiger partial charge in [0.15, 0.2) is 11.5 Å². The molecular formula is C30H24F5N5O7. The number of aryl methyl sites for hydroxylation is 1. The van der Waals surface area contributed by atoms with Crippen LogP contribution in [0.15, 0.2) is 42.5 Å².